The molecule has 0 saturated heterocycles. The second kappa shape index (κ2) is 5.39. The molecule has 0 amide bonds. The van der Waals surface area contributed by atoms with Gasteiger partial charge in [0.15, 0.2) is 5.78 Å². The number of aryl methyl sites for hydroxylation is 1. The van der Waals surface area contributed by atoms with Crippen LogP contribution in [0.2, 0.25) is 0 Å². The fourth-order valence-electron chi connectivity index (χ4n) is 1.77. The van der Waals surface area contributed by atoms with Gasteiger partial charge in [0.05, 0.1) is 0 Å². The van der Waals surface area contributed by atoms with Crippen molar-refractivity contribution in [3.63, 3.8) is 0 Å². The Labute approximate surface area is 102 Å². The lowest BCUT2D eigenvalue weighted by molar-refractivity contribution is 0.101. The quantitative estimate of drug-likeness (QED) is 0.728. The molecule has 0 saturated carbocycles. The monoisotopic (exact) mass is 227 g/mol. The average Bonchev–Trinajstić information content (AvgIpc) is 2.29. The lowest BCUT2D eigenvalue weighted by Crippen LogP contribution is -1.95. The van der Waals surface area contributed by atoms with Gasteiger partial charge in [-0.2, -0.15) is 0 Å². The summed E-state index contributed by atoms with van der Waals surface area (Å²) in [5, 5.41) is 0. The molecule has 0 atom stereocenters. The first-order valence-electron chi connectivity index (χ1n) is 5.20. The Kier molecular flexibility index (Phi) is 4.16. The number of carbonyl (C=O) groups is 1. The molecular weight excluding hydrogens is 210 g/mol. The van der Waals surface area contributed by atoms with Crippen molar-refractivity contribution in [1.82, 2.24) is 4.98 Å². The normalized spacial score (nSPS) is 9.53. The van der Waals surface area contributed by atoms with Gasteiger partial charge >= 0.3 is 0 Å². The van der Waals surface area contributed by atoms with Gasteiger partial charge in [-0.15, -0.1) is 0 Å². The van der Waals surface area contributed by atoms with E-state index in [1.54, 1.807) is 13.1 Å². The van der Waals surface area contributed by atoms with Gasteiger partial charge in [-0.25, -0.2) is 0 Å². The van der Waals surface area contributed by atoms with Crippen LogP contribution in [0.1, 0.15) is 30.3 Å². The highest BCUT2D eigenvalue weighted by atomic mass is 16.1. The molecule has 0 bridgehead atoms. The van der Waals surface area contributed by atoms with Crippen LogP contribution in [0.15, 0.2) is 42.7 Å². The molecule has 0 aliphatic carbocycles. The lowest BCUT2D eigenvalue weighted by Gasteiger charge is -2.05. The Morgan fingerprint density at radius 2 is 1.94 bits per heavy atom. The van der Waals surface area contributed by atoms with E-state index < -0.39 is 0 Å². The molecule has 0 N–H and O–H groups in total. The predicted molar refractivity (Wildman–Crippen MR) is 71.1 cm³/mol. The molecule has 0 fully saturated rings. The molecule has 17 heavy (non-hydrogen) atoms. The molecule has 2 heteroatoms. The first-order valence-corrected chi connectivity index (χ1v) is 5.20. The number of carbonyl (C=O) groups excluding carboxylic acids is 1. The van der Waals surface area contributed by atoms with E-state index in [0.29, 0.717) is 0 Å². The highest BCUT2D eigenvalue weighted by Gasteiger charge is 2.05. The van der Waals surface area contributed by atoms with Gasteiger partial charge < -0.3 is 0 Å². The number of benzene rings is 1. The first-order chi connectivity index (χ1) is 7.68. The summed E-state index contributed by atoms with van der Waals surface area (Å²) in [6.07, 6.45) is 3.57. The standard InChI is InChI=1S/C14H13NO.CH4/c1-10-8-12(5-6-14(10)11(2)16)13-4-3-7-15-9-13;/h3-9H,1-2H3;1H4. The summed E-state index contributed by atoms with van der Waals surface area (Å²) in [4.78, 5) is 15.4. The van der Waals surface area contributed by atoms with Crippen molar-refractivity contribution in [2.24, 2.45) is 0 Å². The largest absolute Gasteiger partial charge is 0.295 e. The second-order valence-electron chi connectivity index (χ2n) is 3.83. The van der Waals surface area contributed by atoms with Crippen molar-refractivity contribution < 1.29 is 4.79 Å². The number of pyridine rings is 1. The van der Waals surface area contributed by atoms with Crippen LogP contribution in [0.25, 0.3) is 11.1 Å². The molecule has 2 nitrogen and oxygen atoms in total. The molecule has 0 spiro atoms. The van der Waals surface area contributed by atoms with Gasteiger partial charge in [-0.1, -0.05) is 31.7 Å². The van der Waals surface area contributed by atoms with Crippen LogP contribution in [0.3, 0.4) is 0 Å². The first kappa shape index (κ1) is 13.1. The molecular formula is C15H17NO. The minimum Gasteiger partial charge on any atom is -0.295 e. The topological polar surface area (TPSA) is 30.0 Å². The molecule has 88 valence electrons. The van der Waals surface area contributed by atoms with E-state index in [-0.39, 0.29) is 13.2 Å². The zero-order chi connectivity index (χ0) is 11.5. The maximum absolute atomic E-state index is 11.3. The Morgan fingerprint density at radius 3 is 2.47 bits per heavy atom. The molecule has 1 aromatic heterocycles. The number of ketones is 1. The molecule has 0 aliphatic heterocycles. The molecule has 1 aromatic carbocycles. The van der Waals surface area contributed by atoms with E-state index in [0.717, 1.165) is 22.3 Å². The van der Waals surface area contributed by atoms with Crippen molar-refractivity contribution in [1.29, 1.82) is 0 Å². The molecule has 0 unspecified atom stereocenters. The molecule has 0 radical (unpaired) electrons. The maximum atomic E-state index is 11.3. The van der Waals surface area contributed by atoms with Crippen LogP contribution in [-0.4, -0.2) is 10.8 Å². The highest BCUT2D eigenvalue weighted by molar-refractivity contribution is 5.96. The fraction of sp³-hybridized carbons (Fsp3) is 0.200. The number of hydrogen-bond acceptors (Lipinski definition) is 2. The average molecular weight is 227 g/mol. The summed E-state index contributed by atoms with van der Waals surface area (Å²) in [5.74, 6) is 0.107. The van der Waals surface area contributed by atoms with Crippen LogP contribution in [0, 0.1) is 6.92 Å². The van der Waals surface area contributed by atoms with Crippen LogP contribution < -0.4 is 0 Å². The van der Waals surface area contributed by atoms with E-state index in [1.807, 2.05) is 43.5 Å². The zero-order valence-corrected chi connectivity index (χ0v) is 9.40. The predicted octanol–water partition coefficient (Wildman–Crippen LogP) is 3.90. The molecule has 2 rings (SSSR count). The van der Waals surface area contributed by atoms with Gasteiger partial charge in [0, 0.05) is 18.0 Å². The Balaban J connectivity index is 0.00000144. The van der Waals surface area contributed by atoms with Crippen LogP contribution >= 0.6 is 0 Å². The SMILES string of the molecule is C.CC(=O)c1ccc(-c2cccnc2)cc1C. The Morgan fingerprint density at radius 1 is 1.18 bits per heavy atom. The third kappa shape index (κ3) is 2.78. The van der Waals surface area contributed by atoms with Crippen molar-refractivity contribution in [3.05, 3.63) is 53.9 Å². The van der Waals surface area contributed by atoms with E-state index in [9.17, 15) is 4.79 Å². The van der Waals surface area contributed by atoms with Gasteiger partial charge in [-0.05, 0) is 36.6 Å². The highest BCUT2D eigenvalue weighted by Crippen LogP contribution is 2.21. The summed E-state index contributed by atoms with van der Waals surface area (Å²) in [6.45, 7) is 3.54. The minimum absolute atomic E-state index is 0. The number of rotatable bonds is 2. The summed E-state index contributed by atoms with van der Waals surface area (Å²) < 4.78 is 0. The fourth-order valence-corrected chi connectivity index (χ4v) is 1.77. The van der Waals surface area contributed by atoms with Crippen LogP contribution in [-0.2, 0) is 0 Å². The minimum atomic E-state index is 0. The van der Waals surface area contributed by atoms with E-state index in [2.05, 4.69) is 4.98 Å². The number of hydrogen-bond donors (Lipinski definition) is 0. The summed E-state index contributed by atoms with van der Waals surface area (Å²) in [7, 11) is 0. The van der Waals surface area contributed by atoms with Crippen LogP contribution in [0.4, 0.5) is 0 Å². The van der Waals surface area contributed by atoms with Crippen molar-refractivity contribution in [3.8, 4) is 11.1 Å². The number of nitrogens with zero attached hydrogens (tertiary/aromatic N) is 1. The van der Waals surface area contributed by atoms with Crippen molar-refractivity contribution in [2.45, 2.75) is 21.3 Å². The third-order valence-corrected chi connectivity index (χ3v) is 2.60. The number of Topliss-reactive ketones (excluding diaryl/α,β-unsaturated/α-hetero) is 1. The van der Waals surface area contributed by atoms with E-state index >= 15 is 0 Å². The zero-order valence-electron chi connectivity index (χ0n) is 9.40. The Bertz CT molecular complexity index is 518. The Hall–Kier alpha value is -1.96. The van der Waals surface area contributed by atoms with Gasteiger partial charge in [0.2, 0.25) is 0 Å². The van der Waals surface area contributed by atoms with E-state index in [4.69, 9.17) is 0 Å². The summed E-state index contributed by atoms with van der Waals surface area (Å²) in [6, 6.07) is 9.77. The van der Waals surface area contributed by atoms with Gasteiger partial charge in [-0.3, -0.25) is 9.78 Å². The number of aromatic nitrogens is 1. The lowest BCUT2D eigenvalue weighted by atomic mass is 9.99. The van der Waals surface area contributed by atoms with Crippen molar-refractivity contribution in [2.75, 3.05) is 0 Å². The molecule has 1 heterocycles. The van der Waals surface area contributed by atoms with Gasteiger partial charge in [0.25, 0.3) is 0 Å². The van der Waals surface area contributed by atoms with Gasteiger partial charge in [0.1, 0.15) is 0 Å². The second-order valence-corrected chi connectivity index (χ2v) is 3.83. The van der Waals surface area contributed by atoms with E-state index in [1.165, 1.54) is 0 Å². The smallest absolute Gasteiger partial charge is 0.160 e. The van der Waals surface area contributed by atoms with Crippen LogP contribution in [0.5, 0.6) is 0 Å². The molecule has 2 aromatic rings. The maximum Gasteiger partial charge on any atom is 0.160 e. The third-order valence-electron chi connectivity index (χ3n) is 2.60. The summed E-state index contributed by atoms with van der Waals surface area (Å²) >= 11 is 0. The van der Waals surface area contributed by atoms with Crippen molar-refractivity contribution >= 4 is 5.78 Å². The molecule has 0 aliphatic rings. The summed E-state index contributed by atoms with van der Waals surface area (Å²) in [5.41, 5.74) is 3.96.